The monoisotopic (exact) mass is 273 g/mol. The summed E-state index contributed by atoms with van der Waals surface area (Å²) in [4.78, 5) is 11.9. The number of nitrogens with one attached hydrogen (secondary N) is 1. The van der Waals surface area contributed by atoms with E-state index >= 15 is 0 Å². The van der Waals surface area contributed by atoms with Crippen LogP contribution in [-0.4, -0.2) is 12.5 Å². The van der Waals surface area contributed by atoms with Gasteiger partial charge in [-0.1, -0.05) is 18.2 Å². The maximum absolute atomic E-state index is 13.4. The van der Waals surface area contributed by atoms with Gasteiger partial charge < -0.3 is 16.8 Å². The summed E-state index contributed by atoms with van der Waals surface area (Å²) in [7, 11) is 0. The minimum Gasteiger partial charge on any atom is -0.399 e. The summed E-state index contributed by atoms with van der Waals surface area (Å²) >= 11 is 0. The van der Waals surface area contributed by atoms with Gasteiger partial charge in [0, 0.05) is 17.9 Å². The predicted octanol–water partition coefficient (Wildman–Crippen LogP) is 1.96. The second-order valence-corrected chi connectivity index (χ2v) is 4.44. The molecule has 0 saturated carbocycles. The molecular weight excluding hydrogens is 257 g/mol. The summed E-state index contributed by atoms with van der Waals surface area (Å²) in [5.74, 6) is -0.562. The average molecular weight is 273 g/mol. The van der Waals surface area contributed by atoms with Crippen LogP contribution < -0.4 is 16.8 Å². The van der Waals surface area contributed by atoms with Crippen molar-refractivity contribution in [3.05, 3.63) is 59.4 Å². The van der Waals surface area contributed by atoms with Crippen LogP contribution >= 0.6 is 0 Å². The summed E-state index contributed by atoms with van der Waals surface area (Å²) in [5, 5.41) is 2.71. The Balaban J connectivity index is 1.94. The molecule has 1 amide bonds. The van der Waals surface area contributed by atoms with Gasteiger partial charge in [0.25, 0.3) is 5.91 Å². The van der Waals surface area contributed by atoms with Crippen molar-refractivity contribution in [1.82, 2.24) is 5.32 Å². The Morgan fingerprint density at radius 3 is 2.60 bits per heavy atom. The van der Waals surface area contributed by atoms with Crippen molar-refractivity contribution in [2.45, 2.75) is 6.42 Å². The molecular formula is C15H16FN3O. The quantitative estimate of drug-likeness (QED) is 0.745. The first-order chi connectivity index (χ1) is 9.58. The molecule has 4 nitrogen and oxygen atoms in total. The lowest BCUT2D eigenvalue weighted by atomic mass is 10.1. The van der Waals surface area contributed by atoms with E-state index in [4.69, 9.17) is 11.5 Å². The summed E-state index contributed by atoms with van der Waals surface area (Å²) in [6.45, 7) is 0.337. The number of carbonyl (C=O) groups excluding carboxylic acids is 1. The van der Waals surface area contributed by atoms with E-state index < -0.39 is 0 Å². The van der Waals surface area contributed by atoms with Gasteiger partial charge >= 0.3 is 0 Å². The highest BCUT2D eigenvalue weighted by Gasteiger charge is 2.09. The van der Waals surface area contributed by atoms with E-state index in [9.17, 15) is 9.18 Å². The van der Waals surface area contributed by atoms with E-state index in [2.05, 4.69) is 5.32 Å². The van der Waals surface area contributed by atoms with Gasteiger partial charge in [-0.05, 0) is 36.2 Å². The maximum Gasteiger partial charge on any atom is 0.253 e. The molecule has 0 unspecified atom stereocenters. The zero-order chi connectivity index (χ0) is 14.5. The molecule has 0 radical (unpaired) electrons. The van der Waals surface area contributed by atoms with Crippen LogP contribution in [0.4, 0.5) is 15.8 Å². The largest absolute Gasteiger partial charge is 0.399 e. The van der Waals surface area contributed by atoms with Crippen LogP contribution in [-0.2, 0) is 6.42 Å². The van der Waals surface area contributed by atoms with Gasteiger partial charge in [-0.2, -0.15) is 0 Å². The number of halogens is 1. The summed E-state index contributed by atoms with van der Waals surface area (Å²) < 4.78 is 13.4. The summed E-state index contributed by atoms with van der Waals surface area (Å²) in [6, 6.07) is 11.2. The van der Waals surface area contributed by atoms with Gasteiger partial charge in [-0.3, -0.25) is 4.79 Å². The van der Waals surface area contributed by atoms with Crippen molar-refractivity contribution in [3.63, 3.8) is 0 Å². The Kier molecular flexibility index (Phi) is 4.20. The Morgan fingerprint density at radius 2 is 1.90 bits per heavy atom. The Morgan fingerprint density at radius 1 is 1.15 bits per heavy atom. The minimum atomic E-state index is -0.293. The van der Waals surface area contributed by atoms with Gasteiger partial charge in [0.15, 0.2) is 0 Å². The van der Waals surface area contributed by atoms with Crippen LogP contribution in [0.15, 0.2) is 42.5 Å². The maximum atomic E-state index is 13.4. The first kappa shape index (κ1) is 13.9. The molecule has 0 spiro atoms. The van der Waals surface area contributed by atoms with Crippen molar-refractivity contribution >= 4 is 17.3 Å². The Hall–Kier alpha value is -2.56. The van der Waals surface area contributed by atoms with E-state index in [1.165, 1.54) is 12.1 Å². The van der Waals surface area contributed by atoms with Crippen molar-refractivity contribution in [2.75, 3.05) is 18.0 Å². The molecule has 5 heteroatoms. The van der Waals surface area contributed by atoms with Crippen molar-refractivity contribution in [1.29, 1.82) is 0 Å². The first-order valence-electron chi connectivity index (χ1n) is 6.24. The number of carbonyl (C=O) groups is 1. The molecule has 20 heavy (non-hydrogen) atoms. The molecule has 0 aliphatic carbocycles. The number of hydrogen-bond donors (Lipinski definition) is 3. The summed E-state index contributed by atoms with van der Waals surface area (Å²) in [6.07, 6.45) is 0.424. The van der Waals surface area contributed by atoms with E-state index in [0.717, 1.165) is 0 Å². The van der Waals surface area contributed by atoms with Crippen LogP contribution in [0.3, 0.4) is 0 Å². The fourth-order valence-corrected chi connectivity index (χ4v) is 1.90. The van der Waals surface area contributed by atoms with Crippen LogP contribution in [0.2, 0.25) is 0 Å². The molecule has 2 aromatic carbocycles. The second kappa shape index (κ2) is 6.06. The molecule has 0 fully saturated rings. The molecule has 0 aromatic heterocycles. The van der Waals surface area contributed by atoms with E-state index in [1.807, 2.05) is 0 Å². The molecule has 2 aromatic rings. The fourth-order valence-electron chi connectivity index (χ4n) is 1.90. The number of rotatable bonds is 4. The summed E-state index contributed by atoms with van der Waals surface area (Å²) in [5.41, 5.74) is 13.1. The highest BCUT2D eigenvalue weighted by molar-refractivity contribution is 5.99. The third-order valence-electron chi connectivity index (χ3n) is 2.96. The minimum absolute atomic E-state index is 0.270. The fraction of sp³-hybridized carbons (Fsp3) is 0.133. The van der Waals surface area contributed by atoms with Gasteiger partial charge in [0.05, 0.1) is 5.56 Å². The topological polar surface area (TPSA) is 81.1 Å². The van der Waals surface area contributed by atoms with Crippen LogP contribution in [0.25, 0.3) is 0 Å². The molecule has 0 bridgehead atoms. The molecule has 0 aliphatic rings. The first-order valence-corrected chi connectivity index (χ1v) is 6.24. The zero-order valence-electron chi connectivity index (χ0n) is 10.9. The molecule has 0 atom stereocenters. The molecule has 2 rings (SSSR count). The lowest BCUT2D eigenvalue weighted by molar-refractivity contribution is 0.0955. The number of amides is 1. The van der Waals surface area contributed by atoms with Gasteiger partial charge in [-0.15, -0.1) is 0 Å². The highest BCUT2D eigenvalue weighted by atomic mass is 19.1. The SMILES string of the molecule is Nc1ccc(C(=O)NCCc2ccccc2F)c(N)c1. The third kappa shape index (κ3) is 3.26. The number of nitrogen functional groups attached to an aromatic ring is 2. The lowest BCUT2D eigenvalue weighted by Crippen LogP contribution is -2.26. The number of hydrogen-bond acceptors (Lipinski definition) is 3. The lowest BCUT2D eigenvalue weighted by Gasteiger charge is -2.08. The molecule has 104 valence electrons. The molecule has 5 N–H and O–H groups in total. The number of nitrogens with two attached hydrogens (primary N) is 2. The van der Waals surface area contributed by atoms with Gasteiger partial charge in [0.1, 0.15) is 5.82 Å². The second-order valence-electron chi connectivity index (χ2n) is 4.44. The van der Waals surface area contributed by atoms with E-state index in [0.29, 0.717) is 35.5 Å². The Labute approximate surface area is 116 Å². The van der Waals surface area contributed by atoms with Crippen LogP contribution in [0, 0.1) is 5.82 Å². The predicted molar refractivity (Wildman–Crippen MR) is 77.7 cm³/mol. The Bertz CT molecular complexity index is 628. The van der Waals surface area contributed by atoms with Crippen LogP contribution in [0.1, 0.15) is 15.9 Å². The van der Waals surface area contributed by atoms with E-state index in [1.54, 1.807) is 30.3 Å². The average Bonchev–Trinajstić information content (AvgIpc) is 2.40. The number of benzene rings is 2. The molecule has 0 heterocycles. The van der Waals surface area contributed by atoms with Gasteiger partial charge in [0.2, 0.25) is 0 Å². The zero-order valence-corrected chi connectivity index (χ0v) is 10.9. The molecule has 0 saturated heterocycles. The van der Waals surface area contributed by atoms with Crippen molar-refractivity contribution < 1.29 is 9.18 Å². The standard InChI is InChI=1S/C15H16FN3O/c16-13-4-2-1-3-10(13)7-8-19-15(20)12-6-5-11(17)9-14(12)18/h1-6,9H,7-8,17-18H2,(H,19,20). The van der Waals surface area contributed by atoms with Crippen molar-refractivity contribution in [2.24, 2.45) is 0 Å². The highest BCUT2D eigenvalue weighted by Crippen LogP contribution is 2.15. The molecule has 0 aliphatic heterocycles. The van der Waals surface area contributed by atoms with E-state index in [-0.39, 0.29) is 11.7 Å². The third-order valence-corrected chi connectivity index (χ3v) is 2.96. The normalized spacial score (nSPS) is 10.2. The van der Waals surface area contributed by atoms with Crippen LogP contribution in [0.5, 0.6) is 0 Å². The van der Waals surface area contributed by atoms with Crippen molar-refractivity contribution in [3.8, 4) is 0 Å². The number of anilines is 2. The van der Waals surface area contributed by atoms with Gasteiger partial charge in [-0.25, -0.2) is 4.39 Å². The smallest absolute Gasteiger partial charge is 0.253 e.